The zero-order chi connectivity index (χ0) is 18.4. The number of hydrogen-bond donors (Lipinski definition) is 2. The first-order chi connectivity index (χ1) is 12.7. The Balaban J connectivity index is 0.00000261. The number of ether oxygens (including phenoxy) is 1. The monoisotopic (exact) mass is 486 g/mol. The predicted octanol–water partition coefficient (Wildman–Crippen LogP) is 3.20. The molecule has 2 N–H and O–H groups in total. The van der Waals surface area contributed by atoms with Crippen LogP contribution >= 0.6 is 24.0 Å². The molecule has 2 fully saturated rings. The summed E-state index contributed by atoms with van der Waals surface area (Å²) < 4.78 is 5.46. The Bertz CT molecular complexity index is 614. The Kier molecular flexibility index (Phi) is 9.15. The minimum absolute atomic E-state index is 0. The third-order valence-corrected chi connectivity index (χ3v) is 5.29. The first-order valence-corrected chi connectivity index (χ1v) is 10.0. The molecule has 0 radical (unpaired) electrons. The zero-order valence-electron chi connectivity index (χ0n) is 17.0. The van der Waals surface area contributed by atoms with Crippen molar-refractivity contribution in [2.75, 3.05) is 40.3 Å². The Hall–Kier alpha value is -1.02. The number of halogens is 1. The molecule has 0 atom stereocenters. The van der Waals surface area contributed by atoms with Gasteiger partial charge in [-0.3, -0.25) is 9.89 Å². The predicted molar refractivity (Wildman–Crippen MR) is 124 cm³/mol. The molecule has 152 valence electrons. The van der Waals surface area contributed by atoms with Gasteiger partial charge in [-0.1, -0.05) is 17.7 Å². The van der Waals surface area contributed by atoms with E-state index in [1.807, 2.05) is 13.1 Å². The maximum atomic E-state index is 5.46. The maximum absolute atomic E-state index is 5.46. The molecule has 0 saturated heterocycles. The summed E-state index contributed by atoms with van der Waals surface area (Å²) in [5, 5.41) is 6.89. The van der Waals surface area contributed by atoms with Crippen LogP contribution in [0.4, 0.5) is 0 Å². The van der Waals surface area contributed by atoms with E-state index in [4.69, 9.17) is 4.74 Å². The van der Waals surface area contributed by atoms with Gasteiger partial charge in [-0.15, -0.1) is 24.0 Å². The molecule has 5 nitrogen and oxygen atoms in total. The fourth-order valence-corrected chi connectivity index (χ4v) is 3.45. The summed E-state index contributed by atoms with van der Waals surface area (Å²) in [4.78, 5) is 7.03. The fourth-order valence-electron chi connectivity index (χ4n) is 3.45. The summed E-state index contributed by atoms with van der Waals surface area (Å²) in [5.74, 6) is 2.82. The van der Waals surface area contributed by atoms with Crippen molar-refractivity contribution in [2.45, 2.75) is 45.1 Å². The highest BCUT2D eigenvalue weighted by Gasteiger charge is 2.33. The number of nitrogens with one attached hydrogen (secondary N) is 2. The van der Waals surface area contributed by atoms with Gasteiger partial charge in [0.2, 0.25) is 0 Å². The number of methoxy groups -OCH3 is 1. The van der Waals surface area contributed by atoms with Gasteiger partial charge in [0, 0.05) is 39.3 Å². The van der Waals surface area contributed by atoms with Gasteiger partial charge in [-0.05, 0) is 56.6 Å². The summed E-state index contributed by atoms with van der Waals surface area (Å²) in [6.45, 7) is 6.33. The summed E-state index contributed by atoms with van der Waals surface area (Å²) in [6.07, 6.45) is 6.56. The molecule has 0 bridgehead atoms. The first kappa shape index (κ1) is 22.3. The van der Waals surface area contributed by atoms with Gasteiger partial charge in [-0.2, -0.15) is 0 Å². The second kappa shape index (κ2) is 11.1. The Labute approximate surface area is 181 Å². The van der Waals surface area contributed by atoms with Gasteiger partial charge in [0.05, 0.1) is 7.11 Å². The van der Waals surface area contributed by atoms with E-state index < -0.39 is 0 Å². The molecular weight excluding hydrogens is 451 g/mol. The molecule has 0 heterocycles. The van der Waals surface area contributed by atoms with Crippen LogP contribution in [-0.2, 0) is 6.42 Å². The van der Waals surface area contributed by atoms with Crippen molar-refractivity contribution in [3.8, 4) is 5.75 Å². The van der Waals surface area contributed by atoms with E-state index in [-0.39, 0.29) is 24.0 Å². The molecule has 27 heavy (non-hydrogen) atoms. The molecule has 0 aliphatic heterocycles. The molecule has 2 aliphatic carbocycles. The lowest BCUT2D eigenvalue weighted by Gasteiger charge is -2.22. The number of rotatable bonds is 10. The highest BCUT2D eigenvalue weighted by molar-refractivity contribution is 14.0. The van der Waals surface area contributed by atoms with Gasteiger partial charge < -0.3 is 15.4 Å². The lowest BCUT2D eigenvalue weighted by atomic mass is 10.1. The quantitative estimate of drug-likeness (QED) is 0.303. The molecule has 0 unspecified atom stereocenters. The third-order valence-electron chi connectivity index (χ3n) is 5.29. The highest BCUT2D eigenvalue weighted by Crippen LogP contribution is 2.34. The van der Waals surface area contributed by atoms with Crippen LogP contribution in [0.25, 0.3) is 0 Å². The molecular formula is C21H35IN4O. The smallest absolute Gasteiger partial charge is 0.191 e. The van der Waals surface area contributed by atoms with Crippen LogP contribution in [0.2, 0.25) is 0 Å². The molecule has 2 aliphatic rings. The molecule has 6 heteroatoms. The Morgan fingerprint density at radius 1 is 1.19 bits per heavy atom. The van der Waals surface area contributed by atoms with Gasteiger partial charge in [0.15, 0.2) is 5.96 Å². The van der Waals surface area contributed by atoms with Gasteiger partial charge in [0.25, 0.3) is 0 Å². The van der Waals surface area contributed by atoms with Crippen LogP contribution in [0.15, 0.2) is 23.2 Å². The van der Waals surface area contributed by atoms with Crippen molar-refractivity contribution in [3.05, 3.63) is 29.3 Å². The average Bonchev–Trinajstić information content (AvgIpc) is 3.53. The van der Waals surface area contributed by atoms with Crippen LogP contribution in [0.5, 0.6) is 5.75 Å². The normalized spacial score (nSPS) is 16.8. The van der Waals surface area contributed by atoms with E-state index in [2.05, 4.69) is 39.6 Å². The topological polar surface area (TPSA) is 48.9 Å². The van der Waals surface area contributed by atoms with Gasteiger partial charge in [0.1, 0.15) is 5.75 Å². The zero-order valence-corrected chi connectivity index (χ0v) is 19.3. The van der Waals surface area contributed by atoms with Crippen molar-refractivity contribution in [1.29, 1.82) is 0 Å². The van der Waals surface area contributed by atoms with Crippen LogP contribution in [0.1, 0.15) is 36.8 Å². The largest absolute Gasteiger partial charge is 0.496 e. The van der Waals surface area contributed by atoms with Crippen molar-refractivity contribution in [3.63, 3.8) is 0 Å². The van der Waals surface area contributed by atoms with Crippen LogP contribution in [-0.4, -0.2) is 57.2 Å². The first-order valence-electron chi connectivity index (χ1n) is 10.0. The number of benzene rings is 1. The molecule has 0 amide bonds. The number of hydrogen-bond acceptors (Lipinski definition) is 3. The van der Waals surface area contributed by atoms with Crippen molar-refractivity contribution < 1.29 is 4.74 Å². The third kappa shape index (κ3) is 7.49. The molecule has 3 rings (SSSR count). The SMILES string of the molecule is CN=C(NCCc1cc(C)ccc1OC)NCCN(CC1CC1)C1CC1.I. The lowest BCUT2D eigenvalue weighted by molar-refractivity contribution is 0.256. The number of guanidine groups is 1. The molecule has 2 saturated carbocycles. The van der Waals surface area contributed by atoms with Gasteiger partial charge >= 0.3 is 0 Å². The molecule has 0 spiro atoms. The minimum Gasteiger partial charge on any atom is -0.496 e. The van der Waals surface area contributed by atoms with Crippen molar-refractivity contribution >= 4 is 29.9 Å². The maximum Gasteiger partial charge on any atom is 0.191 e. The Morgan fingerprint density at radius 3 is 2.56 bits per heavy atom. The fraction of sp³-hybridized carbons (Fsp3) is 0.667. The van der Waals surface area contributed by atoms with E-state index in [1.165, 1.54) is 43.4 Å². The van der Waals surface area contributed by atoms with Gasteiger partial charge in [-0.25, -0.2) is 0 Å². The number of aryl methyl sites for hydroxylation is 1. The molecule has 0 aromatic heterocycles. The van der Waals surface area contributed by atoms with Crippen molar-refractivity contribution in [2.24, 2.45) is 10.9 Å². The van der Waals surface area contributed by atoms with Crippen LogP contribution in [0.3, 0.4) is 0 Å². The van der Waals surface area contributed by atoms with Crippen LogP contribution in [0, 0.1) is 12.8 Å². The summed E-state index contributed by atoms with van der Waals surface area (Å²) in [6, 6.07) is 7.18. The Morgan fingerprint density at radius 2 is 1.93 bits per heavy atom. The van der Waals surface area contributed by atoms with E-state index in [0.717, 1.165) is 49.7 Å². The summed E-state index contributed by atoms with van der Waals surface area (Å²) in [5.41, 5.74) is 2.50. The molecule has 1 aromatic rings. The lowest BCUT2D eigenvalue weighted by Crippen LogP contribution is -2.43. The van der Waals surface area contributed by atoms with Crippen molar-refractivity contribution in [1.82, 2.24) is 15.5 Å². The minimum atomic E-state index is 0. The van der Waals surface area contributed by atoms with E-state index in [0.29, 0.717) is 0 Å². The number of nitrogens with zero attached hydrogens (tertiary/aromatic N) is 2. The molecule has 1 aromatic carbocycles. The summed E-state index contributed by atoms with van der Waals surface area (Å²) in [7, 11) is 3.57. The van der Waals surface area contributed by atoms with Crippen LogP contribution < -0.4 is 15.4 Å². The van der Waals surface area contributed by atoms with E-state index >= 15 is 0 Å². The second-order valence-electron chi connectivity index (χ2n) is 7.66. The average molecular weight is 486 g/mol. The highest BCUT2D eigenvalue weighted by atomic mass is 127. The summed E-state index contributed by atoms with van der Waals surface area (Å²) >= 11 is 0. The standard InChI is InChI=1S/C21H34N4O.HI/c1-16-4-9-20(26-3)18(14-16)10-11-23-21(22-2)24-12-13-25(19-7-8-19)15-17-5-6-17;/h4,9,14,17,19H,5-8,10-13,15H2,1-3H3,(H2,22,23,24);1H. The number of aliphatic imine (C=N–C) groups is 1. The second-order valence-corrected chi connectivity index (χ2v) is 7.66. The van der Waals surface area contributed by atoms with E-state index in [1.54, 1.807) is 7.11 Å². The van der Waals surface area contributed by atoms with E-state index in [9.17, 15) is 0 Å².